The molecule has 0 amide bonds. The second kappa shape index (κ2) is 10.3. The van der Waals surface area contributed by atoms with Gasteiger partial charge in [-0.05, 0) is 42.0 Å². The monoisotopic (exact) mass is 430 g/mol. The van der Waals surface area contributed by atoms with Gasteiger partial charge in [0.05, 0.1) is 17.6 Å². The van der Waals surface area contributed by atoms with E-state index in [1.807, 2.05) is 31.3 Å². The van der Waals surface area contributed by atoms with E-state index in [4.69, 9.17) is 28.2 Å². The lowest BCUT2D eigenvalue weighted by Gasteiger charge is -2.22. The first-order valence-corrected chi connectivity index (χ1v) is 10.5. The number of imidazole rings is 1. The van der Waals surface area contributed by atoms with Crippen molar-refractivity contribution in [2.45, 2.75) is 6.54 Å². The predicted molar refractivity (Wildman–Crippen MR) is 123 cm³/mol. The third-order valence-corrected chi connectivity index (χ3v) is 5.07. The molecule has 7 heteroatoms. The molecule has 0 aliphatic rings. The van der Waals surface area contributed by atoms with Crippen LogP contribution in [0.4, 0.5) is 11.4 Å². The van der Waals surface area contributed by atoms with E-state index in [1.54, 1.807) is 6.08 Å². The number of halogens is 2. The van der Waals surface area contributed by atoms with Crippen LogP contribution in [0.3, 0.4) is 0 Å². The zero-order valence-corrected chi connectivity index (χ0v) is 17.8. The van der Waals surface area contributed by atoms with Crippen molar-refractivity contribution in [1.82, 2.24) is 9.55 Å². The summed E-state index contributed by atoms with van der Waals surface area (Å²) in [7, 11) is 2.02. The normalized spacial score (nSPS) is 11.3. The zero-order valence-electron chi connectivity index (χ0n) is 16.3. The third-order valence-electron chi connectivity index (χ3n) is 4.74. The summed E-state index contributed by atoms with van der Waals surface area (Å²) in [4.78, 5) is 17.5. The Kier molecular flexibility index (Phi) is 7.55. The Labute approximate surface area is 180 Å². The lowest BCUT2D eigenvalue weighted by molar-refractivity contribution is -0.104. The molecule has 2 aromatic carbocycles. The summed E-state index contributed by atoms with van der Waals surface area (Å²) >= 11 is 11.9. The maximum Gasteiger partial charge on any atom is 0.142 e. The van der Waals surface area contributed by atoms with Crippen LogP contribution >= 0.6 is 23.2 Å². The standard InChI is InChI=1S/C22H24Cl2N4O/c1-27-21-8-7-19(28(11-9-23)12-10-24)15-20(21)26-22(27)16-25-18-6-2-4-17(14-18)5-3-13-29/h2-8,13-15,25H,9-12,16H2,1H3/b5-3+. The average Bonchev–Trinajstić information content (AvgIpc) is 3.06. The molecule has 0 aliphatic carbocycles. The Bertz CT molecular complexity index is 994. The van der Waals surface area contributed by atoms with E-state index in [-0.39, 0.29) is 0 Å². The minimum atomic E-state index is 0.549. The minimum absolute atomic E-state index is 0.549. The van der Waals surface area contributed by atoms with Gasteiger partial charge in [0.25, 0.3) is 0 Å². The van der Waals surface area contributed by atoms with Crippen LogP contribution in [0.15, 0.2) is 48.5 Å². The number of fused-ring (bicyclic) bond motifs is 1. The van der Waals surface area contributed by atoms with Crippen molar-refractivity contribution >= 4 is 58.0 Å². The highest BCUT2D eigenvalue weighted by molar-refractivity contribution is 6.18. The fourth-order valence-electron chi connectivity index (χ4n) is 3.25. The fourth-order valence-corrected chi connectivity index (χ4v) is 3.66. The number of hydrogen-bond acceptors (Lipinski definition) is 4. The number of aryl methyl sites for hydroxylation is 1. The molecule has 1 N–H and O–H groups in total. The number of carbonyl (C=O) groups is 1. The van der Waals surface area contributed by atoms with Crippen molar-refractivity contribution < 1.29 is 4.79 Å². The number of alkyl halides is 2. The van der Waals surface area contributed by atoms with Crippen molar-refractivity contribution in [3.05, 3.63) is 59.9 Å². The van der Waals surface area contributed by atoms with Crippen LogP contribution in [0.25, 0.3) is 17.1 Å². The summed E-state index contributed by atoms with van der Waals surface area (Å²) < 4.78 is 2.09. The Morgan fingerprint density at radius 2 is 1.93 bits per heavy atom. The molecular weight excluding hydrogens is 407 g/mol. The van der Waals surface area contributed by atoms with Crippen LogP contribution < -0.4 is 10.2 Å². The van der Waals surface area contributed by atoms with Gasteiger partial charge < -0.3 is 14.8 Å². The van der Waals surface area contributed by atoms with E-state index in [2.05, 4.69) is 33.0 Å². The largest absolute Gasteiger partial charge is 0.378 e. The Morgan fingerprint density at radius 3 is 2.66 bits per heavy atom. The summed E-state index contributed by atoms with van der Waals surface area (Å²) in [6.45, 7) is 2.08. The maximum absolute atomic E-state index is 10.5. The summed E-state index contributed by atoms with van der Waals surface area (Å²) in [6, 6.07) is 14.2. The number of aldehydes is 1. The van der Waals surface area contributed by atoms with E-state index >= 15 is 0 Å². The molecule has 0 saturated heterocycles. The van der Waals surface area contributed by atoms with Crippen LogP contribution in [0, 0.1) is 0 Å². The van der Waals surface area contributed by atoms with Crippen molar-refractivity contribution in [1.29, 1.82) is 0 Å². The SMILES string of the molecule is Cn1c(CNc2cccc(/C=C/C=O)c2)nc2cc(N(CCCl)CCCl)ccc21. The molecule has 152 valence electrons. The average molecular weight is 431 g/mol. The third kappa shape index (κ3) is 5.31. The smallest absolute Gasteiger partial charge is 0.142 e. The summed E-state index contributed by atoms with van der Waals surface area (Å²) in [5, 5.41) is 3.41. The molecule has 1 aromatic heterocycles. The molecular formula is C22H24Cl2N4O. The van der Waals surface area contributed by atoms with Crippen LogP contribution in [0.1, 0.15) is 11.4 Å². The number of nitrogens with one attached hydrogen (secondary N) is 1. The van der Waals surface area contributed by atoms with E-state index in [0.717, 1.165) is 53.2 Å². The number of aromatic nitrogens is 2. The topological polar surface area (TPSA) is 50.2 Å². The Balaban J connectivity index is 1.79. The molecule has 0 spiro atoms. The van der Waals surface area contributed by atoms with Gasteiger partial charge in [-0.25, -0.2) is 4.98 Å². The maximum atomic E-state index is 10.5. The fraction of sp³-hybridized carbons (Fsp3) is 0.273. The van der Waals surface area contributed by atoms with Gasteiger partial charge in [0.2, 0.25) is 0 Å². The second-order valence-corrected chi connectivity index (χ2v) is 7.36. The first-order valence-electron chi connectivity index (χ1n) is 9.44. The van der Waals surface area contributed by atoms with Gasteiger partial charge in [-0.2, -0.15) is 0 Å². The molecule has 0 saturated carbocycles. The molecule has 5 nitrogen and oxygen atoms in total. The predicted octanol–water partition coefficient (Wildman–Crippen LogP) is 4.68. The molecule has 0 atom stereocenters. The summed E-state index contributed by atoms with van der Waals surface area (Å²) in [5.74, 6) is 2.04. The van der Waals surface area contributed by atoms with Crippen molar-refractivity contribution in [2.24, 2.45) is 7.05 Å². The number of nitrogens with zero attached hydrogens (tertiary/aromatic N) is 3. The van der Waals surface area contributed by atoms with Crippen molar-refractivity contribution in [3.8, 4) is 0 Å². The molecule has 3 aromatic rings. The molecule has 0 bridgehead atoms. The van der Waals surface area contributed by atoms with E-state index in [0.29, 0.717) is 18.3 Å². The molecule has 0 radical (unpaired) electrons. The van der Waals surface area contributed by atoms with Crippen molar-refractivity contribution in [2.75, 3.05) is 35.1 Å². The van der Waals surface area contributed by atoms with Gasteiger partial charge in [0.15, 0.2) is 0 Å². The second-order valence-electron chi connectivity index (χ2n) is 6.60. The highest BCUT2D eigenvalue weighted by Crippen LogP contribution is 2.23. The molecule has 0 fully saturated rings. The van der Waals surface area contributed by atoms with Crippen LogP contribution in [0.5, 0.6) is 0 Å². The first-order chi connectivity index (χ1) is 14.2. The zero-order chi connectivity index (χ0) is 20.6. The Morgan fingerprint density at radius 1 is 1.14 bits per heavy atom. The highest BCUT2D eigenvalue weighted by Gasteiger charge is 2.11. The minimum Gasteiger partial charge on any atom is -0.378 e. The molecule has 3 rings (SSSR count). The molecule has 0 unspecified atom stereocenters. The van der Waals surface area contributed by atoms with E-state index in [9.17, 15) is 4.79 Å². The number of benzene rings is 2. The van der Waals surface area contributed by atoms with Crippen molar-refractivity contribution in [3.63, 3.8) is 0 Å². The van der Waals surface area contributed by atoms with Gasteiger partial charge in [-0.3, -0.25) is 4.79 Å². The number of anilines is 2. The van der Waals surface area contributed by atoms with E-state index < -0.39 is 0 Å². The molecule has 0 aliphatic heterocycles. The van der Waals surface area contributed by atoms with Crippen LogP contribution in [0.2, 0.25) is 0 Å². The lowest BCUT2D eigenvalue weighted by atomic mass is 10.2. The quantitative estimate of drug-likeness (QED) is 0.288. The van der Waals surface area contributed by atoms with Gasteiger partial charge in [0.1, 0.15) is 12.1 Å². The first kappa shape index (κ1) is 21.2. The lowest BCUT2D eigenvalue weighted by Crippen LogP contribution is -2.27. The molecule has 1 heterocycles. The van der Waals surface area contributed by atoms with Gasteiger partial charge >= 0.3 is 0 Å². The Hall–Kier alpha value is -2.50. The van der Waals surface area contributed by atoms with Crippen LogP contribution in [-0.2, 0) is 18.4 Å². The highest BCUT2D eigenvalue weighted by atomic mass is 35.5. The van der Waals surface area contributed by atoms with E-state index in [1.165, 1.54) is 6.08 Å². The van der Waals surface area contributed by atoms with Gasteiger partial charge in [-0.15, -0.1) is 23.2 Å². The summed E-state index contributed by atoms with van der Waals surface area (Å²) in [5.41, 5.74) is 5.03. The molecule has 29 heavy (non-hydrogen) atoms. The number of carbonyl (C=O) groups excluding carboxylic acids is 1. The van der Waals surface area contributed by atoms with Crippen LogP contribution in [-0.4, -0.2) is 40.7 Å². The summed E-state index contributed by atoms with van der Waals surface area (Å²) in [6.07, 6.45) is 4.04. The van der Waals surface area contributed by atoms with Gasteiger partial charge in [-0.1, -0.05) is 18.2 Å². The number of rotatable bonds is 10. The van der Waals surface area contributed by atoms with Gasteiger partial charge in [0, 0.05) is 43.3 Å². The number of allylic oxidation sites excluding steroid dienone is 1. The number of hydrogen-bond donors (Lipinski definition) is 1.